The van der Waals surface area contributed by atoms with Crippen LogP contribution in [0.1, 0.15) is 53.1 Å². The number of hydrogen-bond acceptors (Lipinski definition) is 8. The van der Waals surface area contributed by atoms with Gasteiger partial charge in [0.05, 0.1) is 12.1 Å². The maximum Gasteiger partial charge on any atom is 0.311 e. The van der Waals surface area contributed by atoms with Gasteiger partial charge in [-0.25, -0.2) is 14.9 Å². The van der Waals surface area contributed by atoms with Gasteiger partial charge in [-0.1, -0.05) is 12.1 Å². The van der Waals surface area contributed by atoms with Crippen LogP contribution < -0.4 is 16.2 Å². The van der Waals surface area contributed by atoms with E-state index in [1.807, 2.05) is 0 Å². The molecule has 3 amide bonds. The number of aryl methyl sites for hydroxylation is 1. The molecule has 1 aromatic heterocycles. The normalized spacial score (nSPS) is 21.7. The number of aromatic nitrogens is 2. The van der Waals surface area contributed by atoms with E-state index in [-0.39, 0.29) is 31.3 Å². The van der Waals surface area contributed by atoms with Crippen LogP contribution in [0.2, 0.25) is 0 Å². The van der Waals surface area contributed by atoms with Crippen molar-refractivity contribution in [2.24, 2.45) is 10.5 Å². The summed E-state index contributed by atoms with van der Waals surface area (Å²) in [6, 6.07) is 4.35. The van der Waals surface area contributed by atoms with Gasteiger partial charge in [-0.05, 0) is 49.8 Å². The predicted molar refractivity (Wildman–Crippen MR) is 132 cm³/mol. The largest absolute Gasteiger partial charge is 0.501 e. The Morgan fingerprint density at radius 3 is 2.53 bits per heavy atom. The number of nitrogens with zero attached hydrogens (tertiary/aromatic N) is 4. The highest BCUT2D eigenvalue weighted by atomic mass is 19.1. The molecule has 2 aromatic rings. The number of halogens is 1. The van der Waals surface area contributed by atoms with E-state index in [0.29, 0.717) is 36.8 Å². The quantitative estimate of drug-likeness (QED) is 0.326. The molecule has 13 heteroatoms. The number of hydrogen-bond donors (Lipinski definition) is 4. The highest BCUT2D eigenvalue weighted by Gasteiger charge is 2.52. The average molecular weight is 528 g/mol. The summed E-state index contributed by atoms with van der Waals surface area (Å²) >= 11 is 0. The Bertz CT molecular complexity index is 1380. The molecule has 3 aliphatic rings. The van der Waals surface area contributed by atoms with Crippen molar-refractivity contribution in [2.75, 3.05) is 20.6 Å². The van der Waals surface area contributed by atoms with Gasteiger partial charge in [-0.15, -0.1) is 0 Å². The van der Waals surface area contributed by atoms with Crippen LogP contribution >= 0.6 is 0 Å². The molecule has 1 aliphatic carbocycles. The van der Waals surface area contributed by atoms with Gasteiger partial charge >= 0.3 is 11.8 Å². The minimum atomic E-state index is -1.25. The summed E-state index contributed by atoms with van der Waals surface area (Å²) in [5.74, 6) is -3.68. The van der Waals surface area contributed by atoms with E-state index in [0.717, 1.165) is 4.90 Å². The SMILES string of the molecule is Cc1cc(CNC(=O)c2nc3n(c(=O)c2O)CC2(CN=N)CCC3(NC(=O)C(=O)N(C)C)CC2)ccc1F. The topological polar surface area (TPSA) is 170 Å². The van der Waals surface area contributed by atoms with Gasteiger partial charge < -0.3 is 20.6 Å². The second kappa shape index (κ2) is 9.95. The van der Waals surface area contributed by atoms with Gasteiger partial charge in [0.15, 0.2) is 5.69 Å². The number of fused-ring (bicyclic) bond motifs is 2. The van der Waals surface area contributed by atoms with E-state index < -0.39 is 45.7 Å². The molecule has 38 heavy (non-hydrogen) atoms. The maximum atomic E-state index is 13.6. The molecule has 1 saturated carbocycles. The number of rotatable bonds is 6. The molecule has 1 aromatic carbocycles. The van der Waals surface area contributed by atoms with Gasteiger partial charge in [0.2, 0.25) is 5.75 Å². The fraction of sp³-hybridized carbons (Fsp3) is 0.480. The van der Waals surface area contributed by atoms with Gasteiger partial charge in [0.1, 0.15) is 11.6 Å². The smallest absolute Gasteiger partial charge is 0.311 e. The van der Waals surface area contributed by atoms with Crippen LogP contribution in [0.4, 0.5) is 4.39 Å². The average Bonchev–Trinajstić information content (AvgIpc) is 3.09. The molecule has 12 nitrogen and oxygen atoms in total. The lowest BCUT2D eigenvalue weighted by atomic mass is 9.68. The monoisotopic (exact) mass is 527 g/mol. The second-order valence-corrected chi connectivity index (χ2v) is 10.3. The number of carbonyl (C=O) groups excluding carboxylic acids is 3. The minimum absolute atomic E-state index is 0.00712. The minimum Gasteiger partial charge on any atom is -0.501 e. The number of amides is 3. The summed E-state index contributed by atoms with van der Waals surface area (Å²) < 4.78 is 14.8. The molecule has 0 atom stereocenters. The summed E-state index contributed by atoms with van der Waals surface area (Å²) in [6.45, 7) is 1.80. The third kappa shape index (κ3) is 4.75. The third-order valence-corrected chi connectivity index (χ3v) is 7.49. The van der Waals surface area contributed by atoms with Crippen molar-refractivity contribution < 1.29 is 23.9 Å². The van der Waals surface area contributed by atoms with E-state index >= 15 is 0 Å². The number of carbonyl (C=O) groups is 3. The zero-order valence-electron chi connectivity index (χ0n) is 21.4. The molecular formula is C25H30FN7O5. The lowest BCUT2D eigenvalue weighted by Crippen LogP contribution is -2.54. The molecule has 1 fully saturated rings. The van der Waals surface area contributed by atoms with Crippen LogP contribution in [0.15, 0.2) is 28.1 Å². The van der Waals surface area contributed by atoms with Crippen molar-refractivity contribution in [2.45, 2.75) is 51.2 Å². The van der Waals surface area contributed by atoms with Crippen LogP contribution in [-0.2, 0) is 28.2 Å². The molecular weight excluding hydrogens is 497 g/mol. The van der Waals surface area contributed by atoms with Gasteiger partial charge in [0, 0.05) is 32.6 Å². The highest BCUT2D eigenvalue weighted by Crippen LogP contribution is 2.49. The van der Waals surface area contributed by atoms with E-state index in [2.05, 4.69) is 20.7 Å². The van der Waals surface area contributed by atoms with Gasteiger partial charge in [-0.2, -0.15) is 5.11 Å². The lowest BCUT2D eigenvalue weighted by Gasteiger charge is -2.41. The second-order valence-electron chi connectivity index (χ2n) is 10.3. The van der Waals surface area contributed by atoms with E-state index in [1.165, 1.54) is 30.8 Å². The first-order valence-corrected chi connectivity index (χ1v) is 12.2. The molecule has 0 unspecified atom stereocenters. The molecule has 3 heterocycles. The van der Waals surface area contributed by atoms with Gasteiger partial charge in [-0.3, -0.25) is 23.7 Å². The molecule has 202 valence electrons. The van der Waals surface area contributed by atoms with Crippen LogP contribution in [0, 0.1) is 23.7 Å². The lowest BCUT2D eigenvalue weighted by molar-refractivity contribution is -0.145. The van der Waals surface area contributed by atoms with Crippen LogP contribution in [-0.4, -0.2) is 57.9 Å². The Morgan fingerprint density at radius 1 is 1.24 bits per heavy atom. The van der Waals surface area contributed by atoms with E-state index in [4.69, 9.17) is 5.53 Å². The summed E-state index contributed by atoms with van der Waals surface area (Å²) in [5.41, 5.74) is 5.21. The first kappa shape index (κ1) is 26.9. The molecule has 0 saturated heterocycles. The number of nitrogens with one attached hydrogen (secondary N) is 3. The van der Waals surface area contributed by atoms with E-state index in [9.17, 15) is 28.7 Å². The first-order chi connectivity index (χ1) is 17.9. The maximum absolute atomic E-state index is 13.6. The molecule has 2 bridgehead atoms. The van der Waals surface area contributed by atoms with Crippen molar-refractivity contribution in [3.63, 3.8) is 0 Å². The molecule has 0 spiro atoms. The van der Waals surface area contributed by atoms with Crippen molar-refractivity contribution in [3.05, 3.63) is 57.0 Å². The van der Waals surface area contributed by atoms with Crippen molar-refractivity contribution in [1.29, 1.82) is 5.53 Å². The van der Waals surface area contributed by atoms with Crippen LogP contribution in [0.25, 0.3) is 0 Å². The Kier molecular flexibility index (Phi) is 7.04. The summed E-state index contributed by atoms with van der Waals surface area (Å²) in [7, 11) is 2.88. The third-order valence-electron chi connectivity index (χ3n) is 7.49. The Labute approximate surface area is 217 Å². The van der Waals surface area contributed by atoms with Crippen molar-refractivity contribution in [3.8, 4) is 5.75 Å². The highest BCUT2D eigenvalue weighted by molar-refractivity contribution is 6.35. The first-order valence-electron chi connectivity index (χ1n) is 12.2. The standard InChI is InChI=1S/C25H30FN7O5/c1-14-10-15(4-5-16(14)26)11-28-19(35)17-18(34)21(37)33-13-24(12-29-27)6-8-25(9-7-24,23(33)30-17)31-20(36)22(38)32(2)3/h4-5,10,27,34H,6-9,11-13H2,1-3H3,(H,28,35)(H,31,36). The number of likely N-dealkylation sites (N-methyl/N-ethyl adjacent to an activating group) is 1. The van der Waals surface area contributed by atoms with Crippen LogP contribution in [0.3, 0.4) is 0 Å². The Morgan fingerprint density at radius 2 is 1.92 bits per heavy atom. The Balaban J connectivity index is 1.75. The van der Waals surface area contributed by atoms with Crippen molar-refractivity contribution >= 4 is 17.7 Å². The fourth-order valence-electron chi connectivity index (χ4n) is 5.25. The summed E-state index contributed by atoms with van der Waals surface area (Å²) in [6.07, 6.45) is 1.53. The number of aromatic hydroxyl groups is 1. The zero-order chi connectivity index (χ0) is 27.8. The summed E-state index contributed by atoms with van der Waals surface area (Å²) in [4.78, 5) is 57.2. The number of benzene rings is 1. The molecule has 4 N–H and O–H groups in total. The van der Waals surface area contributed by atoms with Gasteiger partial charge in [0.25, 0.3) is 11.5 Å². The van der Waals surface area contributed by atoms with E-state index in [1.54, 1.807) is 13.0 Å². The molecule has 2 aliphatic heterocycles. The van der Waals surface area contributed by atoms with Crippen LogP contribution in [0.5, 0.6) is 5.75 Å². The predicted octanol–water partition coefficient (Wildman–Crippen LogP) is 1.33. The molecule has 0 radical (unpaired) electrons. The Hall–Kier alpha value is -4.16. The van der Waals surface area contributed by atoms with Crippen molar-refractivity contribution in [1.82, 2.24) is 25.1 Å². The molecule has 5 rings (SSSR count). The fourth-order valence-corrected chi connectivity index (χ4v) is 5.25. The summed E-state index contributed by atoms with van der Waals surface area (Å²) in [5, 5.41) is 19.6. The zero-order valence-corrected chi connectivity index (χ0v) is 21.4.